The lowest BCUT2D eigenvalue weighted by molar-refractivity contribution is 0.669. The van der Waals surface area contributed by atoms with Crippen LogP contribution in [0.3, 0.4) is 0 Å². The summed E-state index contributed by atoms with van der Waals surface area (Å²) >= 11 is 0. The van der Waals surface area contributed by atoms with Gasteiger partial charge in [-0.2, -0.15) is 0 Å². The Hall–Kier alpha value is -8.87. The molecule has 0 aliphatic carbocycles. The van der Waals surface area contributed by atoms with Gasteiger partial charge in [0.25, 0.3) is 0 Å². The summed E-state index contributed by atoms with van der Waals surface area (Å²) in [4.78, 5) is 15.8. The van der Waals surface area contributed by atoms with Crippen LogP contribution in [0.2, 0.25) is 0 Å². The molecule has 0 saturated heterocycles. The number of aromatic nitrogens is 5. The molecule has 10 aromatic carbocycles. The second kappa shape index (κ2) is 13.8. The lowest BCUT2D eigenvalue weighted by Gasteiger charge is -2.14. The molecule has 0 unspecified atom stereocenters. The highest BCUT2D eigenvalue weighted by Crippen LogP contribution is 2.44. The van der Waals surface area contributed by atoms with Crippen LogP contribution in [0.15, 0.2) is 217 Å². The van der Waals surface area contributed by atoms with Crippen LogP contribution in [0.5, 0.6) is 0 Å². The van der Waals surface area contributed by atoms with Crippen molar-refractivity contribution in [2.75, 3.05) is 0 Å². The first-order valence-electron chi connectivity index (χ1n) is 21.9. The molecular formula is C59H35N5O. The quantitative estimate of drug-likeness (QED) is 0.173. The molecule has 0 fully saturated rings. The maximum absolute atomic E-state index is 6.79. The van der Waals surface area contributed by atoms with Gasteiger partial charge in [-0.3, -0.25) is 0 Å². The van der Waals surface area contributed by atoms with E-state index in [-0.39, 0.29) is 0 Å². The van der Waals surface area contributed by atoms with E-state index in [2.05, 4.69) is 191 Å². The fourth-order valence-electron chi connectivity index (χ4n) is 10.2. The third kappa shape index (κ3) is 5.44. The molecule has 0 radical (unpaired) electrons. The second-order valence-electron chi connectivity index (χ2n) is 16.8. The Labute approximate surface area is 371 Å². The van der Waals surface area contributed by atoms with E-state index in [1.54, 1.807) is 0 Å². The molecule has 0 amide bonds. The van der Waals surface area contributed by atoms with E-state index < -0.39 is 0 Å². The summed E-state index contributed by atoms with van der Waals surface area (Å²) in [7, 11) is 0. The molecule has 0 N–H and O–H groups in total. The van der Waals surface area contributed by atoms with Crippen LogP contribution < -0.4 is 0 Å². The Kier molecular flexibility index (Phi) is 7.59. The zero-order chi connectivity index (χ0) is 42.6. The number of furan rings is 1. The molecule has 0 bridgehead atoms. The summed E-state index contributed by atoms with van der Waals surface area (Å²) < 4.78 is 11.5. The summed E-state index contributed by atoms with van der Waals surface area (Å²) in [6, 6.07) is 75.0. The van der Waals surface area contributed by atoms with Gasteiger partial charge in [-0.1, -0.05) is 140 Å². The molecule has 4 heterocycles. The van der Waals surface area contributed by atoms with Gasteiger partial charge < -0.3 is 13.6 Å². The van der Waals surface area contributed by atoms with Crippen molar-refractivity contribution in [3.63, 3.8) is 0 Å². The first-order valence-corrected chi connectivity index (χ1v) is 21.9. The van der Waals surface area contributed by atoms with E-state index in [1.165, 1.54) is 32.3 Å². The minimum Gasteiger partial charge on any atom is -0.456 e. The molecule has 0 saturated carbocycles. The highest BCUT2D eigenvalue weighted by Gasteiger charge is 2.23. The normalized spacial score (nSPS) is 12.0. The minimum atomic E-state index is 0.556. The van der Waals surface area contributed by atoms with Gasteiger partial charge >= 0.3 is 0 Å². The molecule has 14 aromatic rings. The molecule has 65 heavy (non-hydrogen) atoms. The van der Waals surface area contributed by atoms with Crippen molar-refractivity contribution in [2.45, 2.75) is 0 Å². The lowest BCUT2D eigenvalue weighted by Crippen LogP contribution is -2.01. The van der Waals surface area contributed by atoms with Gasteiger partial charge in [0.2, 0.25) is 0 Å². The van der Waals surface area contributed by atoms with E-state index in [0.717, 1.165) is 82.8 Å². The molecule has 0 aliphatic heterocycles. The minimum absolute atomic E-state index is 0.556. The highest BCUT2D eigenvalue weighted by molar-refractivity contribution is 6.24. The fourth-order valence-corrected chi connectivity index (χ4v) is 10.2. The first kappa shape index (κ1) is 35.7. The monoisotopic (exact) mass is 829 g/mol. The van der Waals surface area contributed by atoms with Crippen LogP contribution in [0.4, 0.5) is 0 Å². The van der Waals surface area contributed by atoms with E-state index in [4.69, 9.17) is 19.4 Å². The average molecular weight is 830 g/mol. The fraction of sp³-hybridized carbons (Fsp3) is 0. The van der Waals surface area contributed by atoms with Crippen molar-refractivity contribution in [3.8, 4) is 45.5 Å². The Balaban J connectivity index is 1.06. The zero-order valence-electron chi connectivity index (χ0n) is 34.9. The van der Waals surface area contributed by atoms with Crippen LogP contribution in [0, 0.1) is 0 Å². The maximum atomic E-state index is 6.79. The van der Waals surface area contributed by atoms with Gasteiger partial charge in [0.1, 0.15) is 11.2 Å². The average Bonchev–Trinajstić information content (AvgIpc) is 4.03. The van der Waals surface area contributed by atoms with Crippen LogP contribution >= 0.6 is 0 Å². The van der Waals surface area contributed by atoms with Gasteiger partial charge in [-0.05, 0) is 94.3 Å². The standard InChI is InChI=1S/C59H35N5O/c1-3-16-37(17-4-1)57-60-58(40-28-29-49-46(32-40)44-23-11-13-25-48(44)63(49)42-20-5-2-6-21-42)62-59(61-57)41-34-52(56-45-24-12-14-26-53(45)65-54(56)35-41)64-50-30-27-36-15-9-10-22-43(36)55(50)47-31-38-18-7-8-19-39(38)33-51(47)64/h1-35H. The van der Waals surface area contributed by atoms with Crippen LogP contribution in [-0.4, -0.2) is 24.1 Å². The third-order valence-electron chi connectivity index (χ3n) is 13.1. The molecule has 0 spiro atoms. The number of fused-ring (bicyclic) bond motifs is 12. The van der Waals surface area contributed by atoms with Crippen molar-refractivity contribution >= 4 is 87.1 Å². The third-order valence-corrected chi connectivity index (χ3v) is 13.1. The lowest BCUT2D eigenvalue weighted by atomic mass is 10.0. The van der Waals surface area contributed by atoms with Gasteiger partial charge in [-0.15, -0.1) is 0 Å². The van der Waals surface area contributed by atoms with Crippen LogP contribution in [0.1, 0.15) is 0 Å². The summed E-state index contributed by atoms with van der Waals surface area (Å²) in [6.07, 6.45) is 0. The summed E-state index contributed by atoms with van der Waals surface area (Å²) in [6.45, 7) is 0. The Morgan fingerprint density at radius 2 is 0.923 bits per heavy atom. The van der Waals surface area contributed by atoms with E-state index in [1.807, 2.05) is 30.3 Å². The summed E-state index contributed by atoms with van der Waals surface area (Å²) in [5, 5.41) is 11.6. The van der Waals surface area contributed by atoms with Crippen molar-refractivity contribution < 1.29 is 4.42 Å². The molecule has 302 valence electrons. The van der Waals surface area contributed by atoms with Gasteiger partial charge in [-0.25, -0.2) is 15.0 Å². The SMILES string of the molecule is c1ccc(-c2nc(-c3cc(-n4c5cc6ccccc6cc5c5c6ccccc6ccc54)c4c(c3)oc3ccccc34)nc(-c3ccc4c(c3)c3ccccc3n4-c3ccccc3)n2)cc1. The Morgan fingerprint density at radius 1 is 0.308 bits per heavy atom. The van der Waals surface area contributed by atoms with Gasteiger partial charge in [0.15, 0.2) is 17.5 Å². The van der Waals surface area contributed by atoms with Crippen molar-refractivity contribution in [3.05, 3.63) is 212 Å². The smallest absolute Gasteiger partial charge is 0.164 e. The van der Waals surface area contributed by atoms with Crippen molar-refractivity contribution in [2.24, 2.45) is 0 Å². The summed E-state index contributed by atoms with van der Waals surface area (Å²) in [5.74, 6) is 1.74. The topological polar surface area (TPSA) is 61.7 Å². The number of hydrogen-bond acceptors (Lipinski definition) is 4. The summed E-state index contributed by atoms with van der Waals surface area (Å²) in [5.41, 5.74) is 10.8. The van der Waals surface area contributed by atoms with Crippen LogP contribution in [-0.2, 0) is 0 Å². The molecule has 0 atom stereocenters. The van der Waals surface area contributed by atoms with Crippen molar-refractivity contribution in [1.82, 2.24) is 24.1 Å². The Bertz CT molecular complexity index is 4240. The molecule has 4 aromatic heterocycles. The van der Waals surface area contributed by atoms with Gasteiger partial charge in [0, 0.05) is 49.3 Å². The number of benzene rings is 10. The number of hydrogen-bond donors (Lipinski definition) is 0. The molecule has 6 heteroatoms. The predicted octanol–water partition coefficient (Wildman–Crippen LogP) is 15.3. The first-order chi connectivity index (χ1) is 32.2. The van der Waals surface area contributed by atoms with Crippen LogP contribution in [0.25, 0.3) is 133 Å². The Morgan fingerprint density at radius 3 is 1.74 bits per heavy atom. The highest BCUT2D eigenvalue weighted by atomic mass is 16.3. The predicted molar refractivity (Wildman–Crippen MR) is 267 cm³/mol. The van der Waals surface area contributed by atoms with E-state index in [0.29, 0.717) is 17.5 Å². The second-order valence-corrected chi connectivity index (χ2v) is 16.8. The molecule has 0 aliphatic rings. The van der Waals surface area contributed by atoms with Gasteiger partial charge in [0.05, 0.1) is 33.1 Å². The number of rotatable bonds is 5. The maximum Gasteiger partial charge on any atom is 0.164 e. The zero-order valence-corrected chi connectivity index (χ0v) is 34.9. The van der Waals surface area contributed by atoms with E-state index in [9.17, 15) is 0 Å². The van der Waals surface area contributed by atoms with E-state index >= 15 is 0 Å². The number of nitrogens with zero attached hydrogens (tertiary/aromatic N) is 5. The number of para-hydroxylation sites is 3. The van der Waals surface area contributed by atoms with Crippen molar-refractivity contribution in [1.29, 1.82) is 0 Å². The molecular weight excluding hydrogens is 795 g/mol. The largest absolute Gasteiger partial charge is 0.456 e. The molecule has 6 nitrogen and oxygen atoms in total. The molecule has 14 rings (SSSR count).